The number of anilines is 1. The summed E-state index contributed by atoms with van der Waals surface area (Å²) in [5, 5.41) is 2.87. The zero-order valence-corrected chi connectivity index (χ0v) is 19.9. The molecule has 0 aliphatic rings. The normalized spacial score (nSPS) is 12.0. The van der Waals surface area contributed by atoms with Gasteiger partial charge in [-0.3, -0.25) is 9.10 Å². The Morgan fingerprint density at radius 2 is 1.64 bits per heavy atom. The summed E-state index contributed by atoms with van der Waals surface area (Å²) in [6, 6.07) is 20.0. The lowest BCUT2D eigenvalue weighted by atomic mass is 10.1. The number of methoxy groups -OCH3 is 2. The molecule has 7 nitrogen and oxygen atoms in total. The molecule has 0 bridgehead atoms. The summed E-state index contributed by atoms with van der Waals surface area (Å²) in [4.78, 5) is 13.1. The van der Waals surface area contributed by atoms with E-state index in [9.17, 15) is 13.2 Å². The molecule has 0 heterocycles. The molecule has 33 heavy (non-hydrogen) atoms. The molecule has 1 atom stereocenters. The first-order valence-corrected chi connectivity index (χ1v) is 11.9. The Bertz CT molecular complexity index is 1200. The Balaban J connectivity index is 1.88. The maximum absolute atomic E-state index is 13.4. The molecule has 3 aromatic carbocycles. The van der Waals surface area contributed by atoms with Crippen LogP contribution >= 0.6 is 0 Å². The summed E-state index contributed by atoms with van der Waals surface area (Å²) in [6.07, 6.45) is 0. The minimum absolute atomic E-state index is 0.118. The van der Waals surface area contributed by atoms with Gasteiger partial charge in [0, 0.05) is 5.56 Å². The van der Waals surface area contributed by atoms with Crippen LogP contribution in [0.1, 0.15) is 24.1 Å². The molecule has 1 amide bonds. The lowest BCUT2D eigenvalue weighted by Crippen LogP contribution is -2.41. The molecular weight excluding hydrogens is 440 g/mol. The molecule has 0 spiro atoms. The van der Waals surface area contributed by atoms with Crippen LogP contribution in [-0.4, -0.2) is 35.1 Å². The van der Waals surface area contributed by atoms with Gasteiger partial charge in [-0.25, -0.2) is 8.42 Å². The summed E-state index contributed by atoms with van der Waals surface area (Å²) >= 11 is 0. The number of rotatable bonds is 9. The highest BCUT2D eigenvalue weighted by atomic mass is 32.2. The van der Waals surface area contributed by atoms with Crippen LogP contribution in [0.25, 0.3) is 0 Å². The molecule has 0 aliphatic heterocycles. The van der Waals surface area contributed by atoms with Crippen molar-refractivity contribution >= 4 is 21.6 Å². The Morgan fingerprint density at radius 3 is 2.24 bits per heavy atom. The number of benzene rings is 3. The zero-order chi connectivity index (χ0) is 24.0. The van der Waals surface area contributed by atoms with E-state index in [1.807, 2.05) is 6.92 Å². The molecular formula is C25H28N2O5S. The minimum atomic E-state index is -3.96. The van der Waals surface area contributed by atoms with E-state index < -0.39 is 22.0 Å². The van der Waals surface area contributed by atoms with Gasteiger partial charge in [0.2, 0.25) is 5.91 Å². The number of carbonyl (C=O) groups excluding carboxylic acids is 1. The van der Waals surface area contributed by atoms with Crippen molar-refractivity contribution in [3.05, 3.63) is 83.9 Å². The van der Waals surface area contributed by atoms with Gasteiger partial charge in [0.05, 0.1) is 30.8 Å². The molecule has 0 fully saturated rings. The first-order valence-electron chi connectivity index (χ1n) is 10.4. The molecule has 1 N–H and O–H groups in total. The van der Waals surface area contributed by atoms with Gasteiger partial charge in [-0.15, -0.1) is 0 Å². The maximum Gasteiger partial charge on any atom is 0.264 e. The van der Waals surface area contributed by atoms with E-state index in [1.54, 1.807) is 93.9 Å². The van der Waals surface area contributed by atoms with Crippen molar-refractivity contribution in [2.24, 2.45) is 0 Å². The summed E-state index contributed by atoms with van der Waals surface area (Å²) in [7, 11) is -0.857. The number of hydrogen-bond donors (Lipinski definition) is 1. The highest BCUT2D eigenvalue weighted by Crippen LogP contribution is 2.29. The Labute approximate surface area is 195 Å². The van der Waals surface area contributed by atoms with E-state index in [2.05, 4.69) is 5.32 Å². The Hall–Kier alpha value is -3.52. The Morgan fingerprint density at radius 1 is 0.970 bits per heavy atom. The molecule has 0 unspecified atom stereocenters. The summed E-state index contributed by atoms with van der Waals surface area (Å²) in [5.74, 6) is 0.766. The van der Waals surface area contributed by atoms with Crippen LogP contribution in [0.5, 0.6) is 11.5 Å². The zero-order valence-electron chi connectivity index (χ0n) is 19.1. The average molecular weight is 469 g/mol. The van der Waals surface area contributed by atoms with Crippen LogP contribution in [0.15, 0.2) is 77.7 Å². The maximum atomic E-state index is 13.4. The third-order valence-corrected chi connectivity index (χ3v) is 7.01. The summed E-state index contributed by atoms with van der Waals surface area (Å²) < 4.78 is 38.7. The molecule has 0 saturated carbocycles. The highest BCUT2D eigenvalue weighted by Gasteiger charge is 2.28. The number of para-hydroxylation sites is 1. The molecule has 0 saturated heterocycles. The first-order chi connectivity index (χ1) is 15.8. The van der Waals surface area contributed by atoms with Gasteiger partial charge in [-0.2, -0.15) is 0 Å². The van der Waals surface area contributed by atoms with Crippen molar-refractivity contribution in [1.29, 1.82) is 0 Å². The molecule has 0 aromatic heterocycles. The topological polar surface area (TPSA) is 84.9 Å². The van der Waals surface area contributed by atoms with Gasteiger partial charge < -0.3 is 14.8 Å². The fourth-order valence-corrected chi connectivity index (χ4v) is 4.84. The fraction of sp³-hybridized carbons (Fsp3) is 0.240. The van der Waals surface area contributed by atoms with Gasteiger partial charge in [-0.1, -0.05) is 35.9 Å². The second-order valence-corrected chi connectivity index (χ2v) is 9.42. The van der Waals surface area contributed by atoms with Crippen molar-refractivity contribution in [1.82, 2.24) is 5.32 Å². The smallest absolute Gasteiger partial charge is 0.264 e. The predicted octanol–water partition coefficient (Wildman–Crippen LogP) is 4.08. The van der Waals surface area contributed by atoms with E-state index in [4.69, 9.17) is 9.47 Å². The van der Waals surface area contributed by atoms with Crippen molar-refractivity contribution < 1.29 is 22.7 Å². The van der Waals surface area contributed by atoms with Crippen LogP contribution in [0, 0.1) is 6.92 Å². The van der Waals surface area contributed by atoms with Crippen molar-refractivity contribution in [2.45, 2.75) is 24.8 Å². The molecule has 8 heteroatoms. The number of aryl methyl sites for hydroxylation is 1. The number of amides is 1. The number of nitrogens with one attached hydrogen (secondary N) is 1. The number of sulfonamides is 1. The van der Waals surface area contributed by atoms with E-state index in [0.29, 0.717) is 17.2 Å². The fourth-order valence-electron chi connectivity index (χ4n) is 3.42. The van der Waals surface area contributed by atoms with Gasteiger partial charge in [-0.05, 0) is 56.3 Å². The number of carbonyl (C=O) groups is 1. The number of hydrogen-bond acceptors (Lipinski definition) is 5. The summed E-state index contributed by atoms with van der Waals surface area (Å²) in [5.41, 5.74) is 2.07. The molecule has 3 rings (SSSR count). The van der Waals surface area contributed by atoms with Crippen LogP contribution < -0.4 is 19.1 Å². The van der Waals surface area contributed by atoms with Crippen LogP contribution in [-0.2, 0) is 14.8 Å². The lowest BCUT2D eigenvalue weighted by molar-refractivity contribution is -0.120. The first kappa shape index (κ1) is 24.1. The standard InChI is InChI=1S/C25H28N2O5S/c1-18-10-13-22(14-11-18)33(29,30)27(20-8-6-5-7-9-20)17-25(28)26-19(2)23-16-21(31-3)12-15-24(23)32-4/h5-16,19H,17H2,1-4H3,(H,26,28)/t19-/m0/s1. The average Bonchev–Trinajstić information content (AvgIpc) is 2.82. The third-order valence-electron chi connectivity index (χ3n) is 5.22. The molecule has 3 aromatic rings. The van der Waals surface area contributed by atoms with Gasteiger partial charge in [0.25, 0.3) is 10.0 Å². The second-order valence-electron chi connectivity index (χ2n) is 7.56. The number of nitrogens with zero attached hydrogens (tertiary/aromatic N) is 1. The number of ether oxygens (including phenoxy) is 2. The second kappa shape index (κ2) is 10.4. The van der Waals surface area contributed by atoms with E-state index in [0.717, 1.165) is 15.4 Å². The van der Waals surface area contributed by atoms with Crippen LogP contribution in [0.3, 0.4) is 0 Å². The molecule has 174 valence electrons. The van der Waals surface area contributed by atoms with Crippen LogP contribution in [0.2, 0.25) is 0 Å². The quantitative estimate of drug-likeness (QED) is 0.511. The third kappa shape index (κ3) is 5.64. The predicted molar refractivity (Wildman–Crippen MR) is 128 cm³/mol. The molecule has 0 radical (unpaired) electrons. The van der Waals surface area contributed by atoms with Crippen molar-refractivity contribution in [3.63, 3.8) is 0 Å². The molecule has 0 aliphatic carbocycles. The Kier molecular flexibility index (Phi) is 7.60. The van der Waals surface area contributed by atoms with Gasteiger partial charge in [0.15, 0.2) is 0 Å². The van der Waals surface area contributed by atoms with Crippen LogP contribution in [0.4, 0.5) is 5.69 Å². The van der Waals surface area contributed by atoms with Gasteiger partial charge in [0.1, 0.15) is 18.0 Å². The van der Waals surface area contributed by atoms with E-state index in [1.165, 1.54) is 0 Å². The highest BCUT2D eigenvalue weighted by molar-refractivity contribution is 7.92. The van der Waals surface area contributed by atoms with E-state index in [-0.39, 0.29) is 11.4 Å². The lowest BCUT2D eigenvalue weighted by Gasteiger charge is -2.25. The summed E-state index contributed by atoms with van der Waals surface area (Å²) in [6.45, 7) is 3.31. The van der Waals surface area contributed by atoms with Crippen molar-refractivity contribution in [3.8, 4) is 11.5 Å². The minimum Gasteiger partial charge on any atom is -0.497 e. The van der Waals surface area contributed by atoms with Gasteiger partial charge >= 0.3 is 0 Å². The monoisotopic (exact) mass is 468 g/mol. The largest absolute Gasteiger partial charge is 0.497 e. The van der Waals surface area contributed by atoms with Crippen molar-refractivity contribution in [2.75, 3.05) is 25.1 Å². The SMILES string of the molecule is COc1ccc(OC)c([C@H](C)NC(=O)CN(c2ccccc2)S(=O)(=O)c2ccc(C)cc2)c1. The van der Waals surface area contributed by atoms with E-state index >= 15 is 0 Å².